The van der Waals surface area contributed by atoms with Gasteiger partial charge in [0.05, 0.1) is 45.4 Å². The van der Waals surface area contributed by atoms with Gasteiger partial charge in [-0.05, 0) is 23.8 Å². The van der Waals surface area contributed by atoms with Crippen molar-refractivity contribution in [3.05, 3.63) is 45.9 Å². The fraction of sp³-hybridized carbons (Fsp3) is 0.222. The number of hydrogen-bond donors (Lipinski definition) is 3. The molecule has 0 heterocycles. The zero-order valence-electron chi connectivity index (χ0n) is 15.1. The second-order valence-electron chi connectivity index (χ2n) is 5.17. The van der Waals surface area contributed by atoms with Gasteiger partial charge in [-0.15, -0.1) is 0 Å². The summed E-state index contributed by atoms with van der Waals surface area (Å²) in [6.45, 7) is 0. The Labute approximate surface area is 161 Å². The standard InChI is InChI=1S/C18H22BrN3O4/c1-23-13-9-12(16(24-2)18(26-4)17(13)25-3)15(22-21)14(20)10-5-7-11(19)8-6-10/h5-9,22H,20-21H2,1-4H3. The molecule has 5 N–H and O–H groups in total. The molecular weight excluding hydrogens is 402 g/mol. The van der Waals surface area contributed by atoms with E-state index in [0.717, 1.165) is 10.0 Å². The third-order valence-electron chi connectivity index (χ3n) is 3.83. The second-order valence-corrected chi connectivity index (χ2v) is 6.08. The number of rotatable bonds is 7. The lowest BCUT2D eigenvalue weighted by Gasteiger charge is -2.21. The number of hydrogen-bond acceptors (Lipinski definition) is 7. The lowest BCUT2D eigenvalue weighted by Crippen LogP contribution is -2.24. The first-order valence-corrected chi connectivity index (χ1v) is 8.41. The van der Waals surface area contributed by atoms with Crippen LogP contribution in [0.15, 0.2) is 34.8 Å². The minimum Gasteiger partial charge on any atom is -0.493 e. The van der Waals surface area contributed by atoms with E-state index in [-0.39, 0.29) is 0 Å². The molecule has 0 fully saturated rings. The van der Waals surface area contributed by atoms with E-state index in [0.29, 0.717) is 40.0 Å². The molecule has 0 saturated heterocycles. The molecular formula is C18H22BrN3O4. The zero-order chi connectivity index (χ0) is 19.3. The average molecular weight is 424 g/mol. The molecule has 0 aliphatic rings. The normalized spacial score (nSPS) is 11.5. The lowest BCUT2D eigenvalue weighted by molar-refractivity contribution is 0.305. The maximum Gasteiger partial charge on any atom is 0.207 e. The lowest BCUT2D eigenvalue weighted by atomic mass is 10.0. The Morgan fingerprint density at radius 3 is 1.92 bits per heavy atom. The molecule has 0 aliphatic carbocycles. The van der Waals surface area contributed by atoms with Crippen molar-refractivity contribution in [3.8, 4) is 23.0 Å². The first-order chi connectivity index (χ1) is 12.5. The molecule has 8 heteroatoms. The molecule has 2 rings (SSSR count). The van der Waals surface area contributed by atoms with Gasteiger partial charge >= 0.3 is 0 Å². The largest absolute Gasteiger partial charge is 0.493 e. The molecule has 0 radical (unpaired) electrons. The highest BCUT2D eigenvalue weighted by atomic mass is 79.9. The number of nitrogens with two attached hydrogens (primary N) is 2. The summed E-state index contributed by atoms with van der Waals surface area (Å²) in [7, 11) is 6.09. The first-order valence-electron chi connectivity index (χ1n) is 7.61. The van der Waals surface area contributed by atoms with E-state index in [9.17, 15) is 0 Å². The number of benzene rings is 2. The predicted molar refractivity (Wildman–Crippen MR) is 105 cm³/mol. The molecule has 0 aliphatic heterocycles. The third-order valence-corrected chi connectivity index (χ3v) is 4.36. The molecule has 140 valence electrons. The molecule has 26 heavy (non-hydrogen) atoms. The SMILES string of the molecule is COc1cc(C(NN)=C(N)c2ccc(Br)cc2)c(OC)c(OC)c1OC. The quantitative estimate of drug-likeness (QED) is 0.357. The Bertz CT molecular complexity index is 807. The van der Waals surface area contributed by atoms with Crippen molar-refractivity contribution in [2.75, 3.05) is 28.4 Å². The van der Waals surface area contributed by atoms with Gasteiger partial charge in [0, 0.05) is 4.47 Å². The van der Waals surface area contributed by atoms with Crippen molar-refractivity contribution < 1.29 is 18.9 Å². The average Bonchev–Trinajstić information content (AvgIpc) is 2.67. The van der Waals surface area contributed by atoms with Gasteiger partial charge in [-0.1, -0.05) is 28.1 Å². The van der Waals surface area contributed by atoms with E-state index in [1.807, 2.05) is 24.3 Å². The van der Waals surface area contributed by atoms with E-state index in [1.54, 1.807) is 6.07 Å². The van der Waals surface area contributed by atoms with Gasteiger partial charge < -0.3 is 30.1 Å². The van der Waals surface area contributed by atoms with Gasteiger partial charge in [0.25, 0.3) is 0 Å². The van der Waals surface area contributed by atoms with Crippen LogP contribution in [0.5, 0.6) is 23.0 Å². The van der Waals surface area contributed by atoms with E-state index >= 15 is 0 Å². The molecule has 7 nitrogen and oxygen atoms in total. The Balaban J connectivity index is 2.78. The molecule has 0 spiro atoms. The van der Waals surface area contributed by atoms with Gasteiger partial charge in [-0.2, -0.15) is 0 Å². The fourth-order valence-electron chi connectivity index (χ4n) is 2.59. The molecule has 0 aromatic heterocycles. The number of hydrazine groups is 1. The highest BCUT2D eigenvalue weighted by molar-refractivity contribution is 9.10. The zero-order valence-corrected chi connectivity index (χ0v) is 16.6. The summed E-state index contributed by atoms with van der Waals surface area (Å²) in [4.78, 5) is 0. The Kier molecular flexibility index (Phi) is 6.59. The monoisotopic (exact) mass is 423 g/mol. The Morgan fingerprint density at radius 1 is 0.885 bits per heavy atom. The highest BCUT2D eigenvalue weighted by Gasteiger charge is 2.24. The van der Waals surface area contributed by atoms with Crippen LogP contribution in [0.25, 0.3) is 11.4 Å². The Hall–Kier alpha value is -2.58. The van der Waals surface area contributed by atoms with Gasteiger partial charge in [0.15, 0.2) is 11.5 Å². The van der Waals surface area contributed by atoms with E-state index < -0.39 is 0 Å². The van der Waals surface area contributed by atoms with Crippen molar-refractivity contribution in [2.45, 2.75) is 0 Å². The van der Waals surface area contributed by atoms with Crippen molar-refractivity contribution in [1.29, 1.82) is 0 Å². The smallest absolute Gasteiger partial charge is 0.207 e. The summed E-state index contributed by atoms with van der Waals surface area (Å²) in [5.41, 5.74) is 11.3. The van der Waals surface area contributed by atoms with Crippen LogP contribution in [0.3, 0.4) is 0 Å². The minimum absolute atomic E-state index is 0.376. The van der Waals surface area contributed by atoms with Crippen LogP contribution in [-0.2, 0) is 0 Å². The van der Waals surface area contributed by atoms with Crippen molar-refractivity contribution >= 4 is 27.3 Å². The molecule has 0 saturated carbocycles. The summed E-state index contributed by atoms with van der Waals surface area (Å²) in [6, 6.07) is 9.26. The van der Waals surface area contributed by atoms with E-state index in [1.165, 1.54) is 28.4 Å². The molecule has 0 amide bonds. The maximum atomic E-state index is 6.36. The third kappa shape index (κ3) is 3.66. The number of nitrogens with one attached hydrogen (secondary N) is 1. The molecule has 2 aromatic carbocycles. The van der Waals surface area contributed by atoms with Crippen molar-refractivity contribution in [1.82, 2.24) is 5.43 Å². The van der Waals surface area contributed by atoms with Crippen LogP contribution >= 0.6 is 15.9 Å². The van der Waals surface area contributed by atoms with Crippen LogP contribution in [0, 0.1) is 0 Å². The van der Waals surface area contributed by atoms with Crippen LogP contribution < -0.4 is 35.9 Å². The first kappa shape index (κ1) is 19.7. The number of methoxy groups -OCH3 is 4. The maximum absolute atomic E-state index is 6.36. The van der Waals surface area contributed by atoms with Crippen LogP contribution in [-0.4, -0.2) is 28.4 Å². The molecule has 0 unspecified atom stereocenters. The van der Waals surface area contributed by atoms with Crippen molar-refractivity contribution in [2.24, 2.45) is 11.6 Å². The summed E-state index contributed by atoms with van der Waals surface area (Å²) in [6.07, 6.45) is 0. The molecule has 2 aromatic rings. The van der Waals surface area contributed by atoms with Gasteiger partial charge in [-0.3, -0.25) is 5.84 Å². The summed E-state index contributed by atoms with van der Waals surface area (Å²) < 4.78 is 22.8. The fourth-order valence-corrected chi connectivity index (χ4v) is 2.86. The highest BCUT2D eigenvalue weighted by Crippen LogP contribution is 2.48. The van der Waals surface area contributed by atoms with Crippen LogP contribution in [0.1, 0.15) is 11.1 Å². The predicted octanol–water partition coefficient (Wildman–Crippen LogP) is 2.73. The van der Waals surface area contributed by atoms with E-state index in [2.05, 4.69) is 21.4 Å². The topological polar surface area (TPSA) is 101 Å². The summed E-state index contributed by atoms with van der Waals surface area (Å²) >= 11 is 3.41. The minimum atomic E-state index is 0.376. The van der Waals surface area contributed by atoms with Gasteiger partial charge in [0.1, 0.15) is 0 Å². The summed E-state index contributed by atoms with van der Waals surface area (Å²) in [5.74, 6) is 7.44. The van der Waals surface area contributed by atoms with Crippen LogP contribution in [0.2, 0.25) is 0 Å². The second kappa shape index (κ2) is 8.68. The van der Waals surface area contributed by atoms with Gasteiger partial charge in [0.2, 0.25) is 11.5 Å². The van der Waals surface area contributed by atoms with Gasteiger partial charge in [-0.25, -0.2) is 0 Å². The van der Waals surface area contributed by atoms with Crippen molar-refractivity contribution in [3.63, 3.8) is 0 Å². The summed E-state index contributed by atoms with van der Waals surface area (Å²) in [5, 5.41) is 0. The van der Waals surface area contributed by atoms with E-state index in [4.69, 9.17) is 30.5 Å². The number of ether oxygens (including phenoxy) is 4. The van der Waals surface area contributed by atoms with Crippen LogP contribution in [0.4, 0.5) is 0 Å². The Morgan fingerprint density at radius 2 is 1.46 bits per heavy atom. The number of halogens is 1. The molecule has 0 bridgehead atoms. The molecule has 0 atom stereocenters.